The highest BCUT2D eigenvalue weighted by atomic mass is 32.2. The van der Waals surface area contributed by atoms with Crippen LogP contribution in [-0.4, -0.2) is 46.0 Å². The van der Waals surface area contributed by atoms with Crippen molar-refractivity contribution in [3.63, 3.8) is 0 Å². The molecule has 1 fully saturated rings. The van der Waals surface area contributed by atoms with Gasteiger partial charge in [0.25, 0.3) is 0 Å². The first kappa shape index (κ1) is 11.8. The summed E-state index contributed by atoms with van der Waals surface area (Å²) in [6.45, 7) is 2.23. The lowest BCUT2D eigenvalue weighted by Gasteiger charge is -2.28. The van der Waals surface area contributed by atoms with E-state index < -0.39 is 11.6 Å². The number of carboxylic acid groups (broad SMARTS) is 1. The SMILES string of the molecule is CC1SCCC1(OCCCO)C(=O)O. The highest BCUT2D eigenvalue weighted by Crippen LogP contribution is 2.38. The van der Waals surface area contributed by atoms with E-state index in [4.69, 9.17) is 14.9 Å². The second-order valence-electron chi connectivity index (χ2n) is 3.38. The molecule has 14 heavy (non-hydrogen) atoms. The molecule has 0 aromatic carbocycles. The number of aliphatic hydroxyl groups excluding tert-OH is 1. The summed E-state index contributed by atoms with van der Waals surface area (Å²) < 4.78 is 5.42. The number of ether oxygens (including phenoxy) is 1. The minimum absolute atomic E-state index is 0.0151. The summed E-state index contributed by atoms with van der Waals surface area (Å²) in [6, 6.07) is 0. The summed E-state index contributed by atoms with van der Waals surface area (Å²) in [5.74, 6) is -0.0556. The van der Waals surface area contributed by atoms with Gasteiger partial charge in [0, 0.05) is 11.9 Å². The average Bonchev–Trinajstić information content (AvgIpc) is 2.49. The Morgan fingerprint density at radius 3 is 2.86 bits per heavy atom. The smallest absolute Gasteiger partial charge is 0.337 e. The first-order chi connectivity index (χ1) is 6.63. The highest BCUT2D eigenvalue weighted by molar-refractivity contribution is 8.00. The van der Waals surface area contributed by atoms with Gasteiger partial charge in [-0.1, -0.05) is 0 Å². The zero-order valence-corrected chi connectivity index (χ0v) is 9.05. The van der Waals surface area contributed by atoms with Crippen LogP contribution in [0.4, 0.5) is 0 Å². The maximum absolute atomic E-state index is 11.1. The second kappa shape index (κ2) is 5.00. The number of thioether (sulfide) groups is 1. The molecule has 82 valence electrons. The summed E-state index contributed by atoms with van der Waals surface area (Å²) in [6.07, 6.45) is 1.05. The van der Waals surface area contributed by atoms with Gasteiger partial charge in [-0.25, -0.2) is 4.79 Å². The fraction of sp³-hybridized carbons (Fsp3) is 0.889. The number of rotatable bonds is 5. The maximum Gasteiger partial charge on any atom is 0.337 e. The van der Waals surface area contributed by atoms with Crippen LogP contribution in [0.1, 0.15) is 19.8 Å². The van der Waals surface area contributed by atoms with Crippen molar-refractivity contribution in [1.82, 2.24) is 0 Å². The monoisotopic (exact) mass is 220 g/mol. The van der Waals surface area contributed by atoms with Crippen LogP contribution in [0, 0.1) is 0 Å². The molecule has 0 radical (unpaired) electrons. The van der Waals surface area contributed by atoms with E-state index in [-0.39, 0.29) is 11.9 Å². The van der Waals surface area contributed by atoms with Crippen molar-refractivity contribution < 1.29 is 19.7 Å². The molecule has 1 heterocycles. The van der Waals surface area contributed by atoms with Crippen molar-refractivity contribution in [3.05, 3.63) is 0 Å². The van der Waals surface area contributed by atoms with Gasteiger partial charge in [-0.15, -0.1) is 0 Å². The third-order valence-corrected chi connectivity index (χ3v) is 3.84. The molecular weight excluding hydrogens is 204 g/mol. The van der Waals surface area contributed by atoms with Crippen molar-refractivity contribution in [3.8, 4) is 0 Å². The number of carboxylic acids is 1. The Balaban J connectivity index is 2.58. The molecule has 0 aromatic rings. The molecule has 0 spiro atoms. The molecule has 0 saturated carbocycles. The van der Waals surface area contributed by atoms with Crippen molar-refractivity contribution in [2.75, 3.05) is 19.0 Å². The average molecular weight is 220 g/mol. The van der Waals surface area contributed by atoms with Gasteiger partial charge in [0.2, 0.25) is 0 Å². The number of aliphatic carboxylic acids is 1. The largest absolute Gasteiger partial charge is 0.479 e. The van der Waals surface area contributed by atoms with E-state index in [1.807, 2.05) is 6.92 Å². The molecular formula is C9H16O4S. The van der Waals surface area contributed by atoms with Crippen molar-refractivity contribution in [2.24, 2.45) is 0 Å². The topological polar surface area (TPSA) is 66.8 Å². The molecule has 0 amide bonds. The Bertz CT molecular complexity index is 209. The molecule has 1 aliphatic heterocycles. The van der Waals surface area contributed by atoms with E-state index >= 15 is 0 Å². The Labute approximate surface area is 87.6 Å². The van der Waals surface area contributed by atoms with Gasteiger partial charge < -0.3 is 14.9 Å². The number of aliphatic hydroxyl groups is 1. The number of hydrogen-bond donors (Lipinski definition) is 2. The summed E-state index contributed by atoms with van der Waals surface area (Å²) in [7, 11) is 0. The quantitative estimate of drug-likeness (QED) is 0.669. The van der Waals surface area contributed by atoms with Crippen LogP contribution >= 0.6 is 11.8 Å². The predicted molar refractivity (Wildman–Crippen MR) is 54.6 cm³/mol. The molecule has 0 bridgehead atoms. The lowest BCUT2D eigenvalue weighted by atomic mass is 9.97. The molecule has 0 aliphatic carbocycles. The normalized spacial score (nSPS) is 32.0. The van der Waals surface area contributed by atoms with Gasteiger partial charge in [-0.2, -0.15) is 11.8 Å². The fourth-order valence-electron chi connectivity index (χ4n) is 1.58. The minimum Gasteiger partial charge on any atom is -0.479 e. The molecule has 0 aromatic heterocycles. The van der Waals surface area contributed by atoms with Crippen molar-refractivity contribution in [1.29, 1.82) is 0 Å². The van der Waals surface area contributed by atoms with Gasteiger partial charge in [-0.05, 0) is 25.5 Å². The van der Waals surface area contributed by atoms with Crippen LogP contribution < -0.4 is 0 Å². The highest BCUT2D eigenvalue weighted by Gasteiger charge is 2.48. The summed E-state index contributed by atoms with van der Waals surface area (Å²) >= 11 is 1.62. The van der Waals surface area contributed by atoms with Gasteiger partial charge in [-0.3, -0.25) is 0 Å². The van der Waals surface area contributed by atoms with Crippen LogP contribution in [0.5, 0.6) is 0 Å². The number of carbonyl (C=O) groups is 1. The zero-order chi connectivity index (χ0) is 10.6. The zero-order valence-electron chi connectivity index (χ0n) is 8.23. The van der Waals surface area contributed by atoms with Crippen LogP contribution in [0.25, 0.3) is 0 Å². The summed E-state index contributed by atoms with van der Waals surface area (Å²) in [5.41, 5.74) is -1.03. The van der Waals surface area contributed by atoms with E-state index in [0.717, 1.165) is 5.75 Å². The van der Waals surface area contributed by atoms with Crippen LogP contribution in [0.2, 0.25) is 0 Å². The van der Waals surface area contributed by atoms with Gasteiger partial charge in [0.1, 0.15) is 0 Å². The van der Waals surface area contributed by atoms with Crippen molar-refractivity contribution in [2.45, 2.75) is 30.6 Å². The molecule has 1 rings (SSSR count). The van der Waals surface area contributed by atoms with E-state index in [0.29, 0.717) is 19.4 Å². The number of hydrogen-bond acceptors (Lipinski definition) is 4. The predicted octanol–water partition coefficient (Wildman–Crippen LogP) is 0.734. The second-order valence-corrected chi connectivity index (χ2v) is 4.83. The Morgan fingerprint density at radius 1 is 1.71 bits per heavy atom. The summed E-state index contributed by atoms with van der Waals surface area (Å²) in [5, 5.41) is 17.7. The van der Waals surface area contributed by atoms with Crippen LogP contribution in [0.15, 0.2) is 0 Å². The Kier molecular flexibility index (Phi) is 4.22. The van der Waals surface area contributed by atoms with Gasteiger partial charge in [0.15, 0.2) is 5.60 Å². The van der Waals surface area contributed by atoms with Crippen molar-refractivity contribution >= 4 is 17.7 Å². The van der Waals surface area contributed by atoms with E-state index in [9.17, 15) is 4.79 Å². The van der Waals surface area contributed by atoms with Gasteiger partial charge >= 0.3 is 5.97 Å². The first-order valence-corrected chi connectivity index (χ1v) is 5.78. The maximum atomic E-state index is 11.1. The molecule has 2 N–H and O–H groups in total. The molecule has 4 nitrogen and oxygen atoms in total. The van der Waals surface area contributed by atoms with E-state index in [1.54, 1.807) is 11.8 Å². The lowest BCUT2D eigenvalue weighted by Crippen LogP contribution is -2.46. The van der Waals surface area contributed by atoms with E-state index in [2.05, 4.69) is 0 Å². The molecule has 1 saturated heterocycles. The molecule has 1 aliphatic rings. The van der Waals surface area contributed by atoms with Gasteiger partial charge in [0.05, 0.1) is 6.61 Å². The molecule has 2 atom stereocenters. The first-order valence-electron chi connectivity index (χ1n) is 4.73. The van der Waals surface area contributed by atoms with Crippen LogP contribution in [-0.2, 0) is 9.53 Å². The minimum atomic E-state index is -1.03. The Morgan fingerprint density at radius 2 is 2.43 bits per heavy atom. The Hall–Kier alpha value is -0.260. The standard InChI is InChI=1S/C9H16O4S/c1-7-9(8(11)12,3-6-14-7)13-5-2-4-10/h7,10H,2-6H2,1H3,(H,11,12). The lowest BCUT2D eigenvalue weighted by molar-refractivity contribution is -0.165. The third-order valence-electron chi connectivity index (χ3n) is 2.52. The molecule has 5 heteroatoms. The molecule has 2 unspecified atom stereocenters. The third kappa shape index (κ3) is 2.21. The van der Waals surface area contributed by atoms with Crippen LogP contribution in [0.3, 0.4) is 0 Å². The van der Waals surface area contributed by atoms with E-state index in [1.165, 1.54) is 0 Å². The fourth-order valence-corrected chi connectivity index (χ4v) is 2.91. The summed E-state index contributed by atoms with van der Waals surface area (Å²) in [4.78, 5) is 11.1.